The molecule has 0 saturated heterocycles. The van der Waals surface area contributed by atoms with Crippen LogP contribution in [-0.4, -0.2) is 29.3 Å². The Labute approximate surface area is 98.7 Å². The zero-order valence-corrected chi connectivity index (χ0v) is 9.48. The van der Waals surface area contributed by atoms with Gasteiger partial charge in [0.1, 0.15) is 17.9 Å². The van der Waals surface area contributed by atoms with Crippen molar-refractivity contribution in [1.82, 2.24) is 0 Å². The molecule has 0 saturated carbocycles. The molecule has 1 rings (SSSR count). The third kappa shape index (κ3) is 2.64. The van der Waals surface area contributed by atoms with Gasteiger partial charge in [0.2, 0.25) is 0 Å². The summed E-state index contributed by atoms with van der Waals surface area (Å²) >= 11 is 5.43. The predicted octanol–water partition coefficient (Wildman–Crippen LogP) is 1.20. The highest BCUT2D eigenvalue weighted by Gasteiger charge is 2.18. The fraction of sp³-hybridized carbons (Fsp3) is 0.364. The second kappa shape index (κ2) is 5.71. The maximum atomic E-state index is 9.69. The quantitative estimate of drug-likeness (QED) is 0.777. The molecule has 0 aliphatic rings. The van der Waals surface area contributed by atoms with Crippen molar-refractivity contribution in [3.8, 4) is 11.8 Å². The molecule has 0 spiro atoms. The highest BCUT2D eigenvalue weighted by Crippen LogP contribution is 2.24. The van der Waals surface area contributed by atoms with E-state index in [1.165, 1.54) is 13.2 Å². The van der Waals surface area contributed by atoms with E-state index in [0.29, 0.717) is 16.9 Å². The first-order chi connectivity index (χ1) is 7.63. The molecule has 0 bridgehead atoms. The number of aliphatic hydroxyl groups is 2. The Hall–Kier alpha value is -1.28. The maximum absolute atomic E-state index is 9.69. The van der Waals surface area contributed by atoms with Gasteiger partial charge in [0, 0.05) is 0 Å². The highest BCUT2D eigenvalue weighted by atomic mass is 35.5. The van der Waals surface area contributed by atoms with Crippen molar-refractivity contribution in [2.75, 3.05) is 13.0 Å². The van der Waals surface area contributed by atoms with Crippen LogP contribution < -0.4 is 4.74 Å². The number of alkyl halides is 1. The highest BCUT2D eigenvalue weighted by molar-refractivity contribution is 6.18. The summed E-state index contributed by atoms with van der Waals surface area (Å²) in [4.78, 5) is 0. The van der Waals surface area contributed by atoms with Crippen molar-refractivity contribution >= 4 is 11.6 Å². The van der Waals surface area contributed by atoms with Gasteiger partial charge in [0.25, 0.3) is 0 Å². The monoisotopic (exact) mass is 241 g/mol. The van der Waals surface area contributed by atoms with E-state index >= 15 is 0 Å². The third-order valence-corrected chi connectivity index (χ3v) is 2.52. The number of methoxy groups -OCH3 is 1. The van der Waals surface area contributed by atoms with Crippen molar-refractivity contribution < 1.29 is 14.9 Å². The van der Waals surface area contributed by atoms with Crippen LogP contribution in [0.4, 0.5) is 0 Å². The standard InChI is InChI=1S/C11H12ClNO3/c1-16-10-3-2-7(4-8(10)6-13)11(15)9(14)5-12/h2-4,9,11,14-15H,5H2,1H3. The predicted molar refractivity (Wildman–Crippen MR) is 59.4 cm³/mol. The van der Waals surface area contributed by atoms with E-state index in [1.807, 2.05) is 6.07 Å². The molecule has 0 aliphatic carbocycles. The van der Waals surface area contributed by atoms with Crippen LogP contribution in [0.2, 0.25) is 0 Å². The molecule has 0 aliphatic heterocycles. The zero-order chi connectivity index (χ0) is 12.1. The minimum Gasteiger partial charge on any atom is -0.495 e. The molecule has 1 aromatic carbocycles. The van der Waals surface area contributed by atoms with E-state index in [-0.39, 0.29) is 5.88 Å². The van der Waals surface area contributed by atoms with E-state index in [4.69, 9.17) is 21.6 Å². The van der Waals surface area contributed by atoms with Crippen LogP contribution in [0.3, 0.4) is 0 Å². The fourth-order valence-corrected chi connectivity index (χ4v) is 1.47. The van der Waals surface area contributed by atoms with E-state index < -0.39 is 12.2 Å². The van der Waals surface area contributed by atoms with Gasteiger partial charge in [-0.3, -0.25) is 0 Å². The average molecular weight is 242 g/mol. The molecule has 2 N–H and O–H groups in total. The summed E-state index contributed by atoms with van der Waals surface area (Å²) in [5, 5.41) is 27.9. The number of hydrogen-bond acceptors (Lipinski definition) is 4. The van der Waals surface area contributed by atoms with Gasteiger partial charge in [-0.2, -0.15) is 5.26 Å². The zero-order valence-electron chi connectivity index (χ0n) is 8.72. The molecule has 2 atom stereocenters. The van der Waals surface area contributed by atoms with Crippen molar-refractivity contribution in [3.05, 3.63) is 29.3 Å². The van der Waals surface area contributed by atoms with Gasteiger partial charge in [-0.05, 0) is 17.7 Å². The maximum Gasteiger partial charge on any atom is 0.136 e. The van der Waals surface area contributed by atoms with Crippen LogP contribution in [0, 0.1) is 11.3 Å². The molecule has 16 heavy (non-hydrogen) atoms. The molecule has 0 radical (unpaired) electrons. The van der Waals surface area contributed by atoms with E-state index in [2.05, 4.69) is 0 Å². The van der Waals surface area contributed by atoms with E-state index in [9.17, 15) is 10.2 Å². The van der Waals surface area contributed by atoms with Gasteiger partial charge >= 0.3 is 0 Å². The smallest absolute Gasteiger partial charge is 0.136 e. The fourth-order valence-electron chi connectivity index (χ4n) is 1.30. The Morgan fingerprint density at radius 3 is 2.69 bits per heavy atom. The summed E-state index contributed by atoms with van der Waals surface area (Å²) < 4.78 is 4.97. The largest absolute Gasteiger partial charge is 0.495 e. The minimum atomic E-state index is -1.10. The summed E-state index contributed by atoms with van der Waals surface area (Å²) in [5.74, 6) is 0.355. The summed E-state index contributed by atoms with van der Waals surface area (Å²) in [6, 6.07) is 6.57. The Balaban J connectivity index is 3.04. The molecule has 2 unspecified atom stereocenters. The van der Waals surface area contributed by atoms with E-state index in [1.54, 1.807) is 12.1 Å². The lowest BCUT2D eigenvalue weighted by Gasteiger charge is -2.16. The molecule has 1 aromatic rings. The first-order valence-corrected chi connectivity index (χ1v) is 5.17. The van der Waals surface area contributed by atoms with Crippen LogP contribution in [0.1, 0.15) is 17.2 Å². The van der Waals surface area contributed by atoms with Gasteiger partial charge in [-0.25, -0.2) is 0 Å². The number of rotatable bonds is 4. The molecule has 0 heterocycles. The van der Waals surface area contributed by atoms with Gasteiger partial charge in [-0.1, -0.05) is 6.07 Å². The Morgan fingerprint density at radius 2 is 2.19 bits per heavy atom. The molecular formula is C11H12ClNO3. The number of hydrogen-bond donors (Lipinski definition) is 2. The number of ether oxygens (including phenoxy) is 1. The second-order valence-corrected chi connectivity index (χ2v) is 3.55. The Morgan fingerprint density at radius 1 is 1.50 bits per heavy atom. The Bertz CT molecular complexity index is 403. The Kier molecular flexibility index (Phi) is 4.56. The molecule has 0 amide bonds. The summed E-state index contributed by atoms with van der Waals surface area (Å²) in [5.41, 5.74) is 0.742. The van der Waals surface area contributed by atoms with Crippen LogP contribution in [0.25, 0.3) is 0 Å². The number of aliphatic hydroxyl groups excluding tert-OH is 2. The lowest BCUT2D eigenvalue weighted by atomic mass is 10.0. The number of nitriles is 1. The molecule has 5 heteroatoms. The first-order valence-electron chi connectivity index (χ1n) is 4.64. The van der Waals surface area contributed by atoms with Crippen molar-refractivity contribution in [3.63, 3.8) is 0 Å². The van der Waals surface area contributed by atoms with Crippen LogP contribution in [-0.2, 0) is 0 Å². The lowest BCUT2D eigenvalue weighted by molar-refractivity contribution is 0.0327. The minimum absolute atomic E-state index is 0.0743. The lowest BCUT2D eigenvalue weighted by Crippen LogP contribution is -2.19. The molecule has 4 nitrogen and oxygen atoms in total. The van der Waals surface area contributed by atoms with Gasteiger partial charge in [0.15, 0.2) is 0 Å². The average Bonchev–Trinajstić information content (AvgIpc) is 2.35. The van der Waals surface area contributed by atoms with Gasteiger partial charge < -0.3 is 14.9 Å². The van der Waals surface area contributed by atoms with Crippen LogP contribution in [0.15, 0.2) is 18.2 Å². The summed E-state index contributed by atoms with van der Waals surface area (Å²) in [6.07, 6.45) is -2.16. The van der Waals surface area contributed by atoms with Crippen LogP contribution in [0.5, 0.6) is 5.75 Å². The third-order valence-electron chi connectivity index (χ3n) is 2.21. The topological polar surface area (TPSA) is 73.5 Å². The summed E-state index contributed by atoms with van der Waals surface area (Å²) in [7, 11) is 1.46. The number of nitrogens with zero attached hydrogens (tertiary/aromatic N) is 1. The van der Waals surface area contributed by atoms with Crippen molar-refractivity contribution in [2.24, 2.45) is 0 Å². The van der Waals surface area contributed by atoms with Gasteiger partial charge in [0.05, 0.1) is 24.7 Å². The SMILES string of the molecule is COc1ccc(C(O)C(O)CCl)cc1C#N. The van der Waals surface area contributed by atoms with Crippen LogP contribution >= 0.6 is 11.6 Å². The van der Waals surface area contributed by atoms with E-state index in [0.717, 1.165) is 0 Å². The molecular weight excluding hydrogens is 230 g/mol. The molecule has 86 valence electrons. The summed E-state index contributed by atoms with van der Waals surface area (Å²) in [6.45, 7) is 0. The van der Waals surface area contributed by atoms with Crippen molar-refractivity contribution in [2.45, 2.75) is 12.2 Å². The van der Waals surface area contributed by atoms with Crippen molar-refractivity contribution in [1.29, 1.82) is 5.26 Å². The normalized spacial score (nSPS) is 13.9. The number of halogens is 1. The second-order valence-electron chi connectivity index (χ2n) is 3.24. The molecule has 0 aromatic heterocycles. The number of benzene rings is 1. The van der Waals surface area contributed by atoms with Gasteiger partial charge in [-0.15, -0.1) is 11.6 Å². The molecule has 0 fully saturated rings. The first kappa shape index (κ1) is 12.8.